The van der Waals surface area contributed by atoms with Crippen LogP contribution in [0.3, 0.4) is 0 Å². The van der Waals surface area contributed by atoms with Gasteiger partial charge in [-0.2, -0.15) is 0 Å². The number of benzene rings is 1. The van der Waals surface area contributed by atoms with Crippen LogP contribution in [0.4, 0.5) is 0 Å². The van der Waals surface area contributed by atoms with E-state index in [-0.39, 0.29) is 0 Å². The normalized spacial score (nSPS) is 12.8. The van der Waals surface area contributed by atoms with Gasteiger partial charge in [0.25, 0.3) is 0 Å². The van der Waals surface area contributed by atoms with Gasteiger partial charge in [-0.15, -0.1) is 0 Å². The molecular weight excluding hydrogens is 164 g/mol. The van der Waals surface area contributed by atoms with Crippen molar-refractivity contribution in [1.82, 2.24) is 0 Å². The monoisotopic (exact) mass is 175 g/mol. The summed E-state index contributed by atoms with van der Waals surface area (Å²) in [7, 11) is 3.29. The second-order valence-electron chi connectivity index (χ2n) is 2.93. The molecule has 2 rings (SSSR count). The van der Waals surface area contributed by atoms with E-state index in [1.165, 1.54) is 11.1 Å². The summed E-state index contributed by atoms with van der Waals surface area (Å²) in [4.78, 5) is 0. The van der Waals surface area contributed by atoms with E-state index >= 15 is 0 Å². The zero-order chi connectivity index (χ0) is 9.26. The van der Waals surface area contributed by atoms with Gasteiger partial charge in [0.2, 0.25) is 0 Å². The van der Waals surface area contributed by atoms with Crippen LogP contribution in [0.2, 0.25) is 0 Å². The highest BCUT2D eigenvalue weighted by Crippen LogP contribution is 2.33. The van der Waals surface area contributed by atoms with E-state index in [1.54, 1.807) is 14.2 Å². The van der Waals surface area contributed by atoms with Gasteiger partial charge in [-0.25, -0.2) is 0 Å². The van der Waals surface area contributed by atoms with Crippen LogP contribution in [0.1, 0.15) is 11.1 Å². The Morgan fingerprint density at radius 1 is 1.15 bits per heavy atom. The van der Waals surface area contributed by atoms with Gasteiger partial charge in [-0.05, 0) is 35.8 Å². The van der Waals surface area contributed by atoms with Crippen LogP contribution in [0.15, 0.2) is 12.1 Å². The molecule has 0 spiro atoms. The lowest BCUT2D eigenvalue weighted by atomic mass is 10.1. The van der Waals surface area contributed by atoms with Crippen LogP contribution in [0, 0.1) is 6.08 Å². The van der Waals surface area contributed by atoms with Crippen molar-refractivity contribution in [2.75, 3.05) is 14.2 Å². The average molecular weight is 175 g/mol. The molecule has 0 unspecified atom stereocenters. The standard InChI is InChI=1S/C11H11O2/c1-12-10-6-8-4-3-5-9(8)7-11(10)13-2/h4,6-7H,5H2,1-2H3. The smallest absolute Gasteiger partial charge is 0.161 e. The fourth-order valence-electron chi connectivity index (χ4n) is 1.50. The minimum atomic E-state index is 0.779. The van der Waals surface area contributed by atoms with Crippen LogP contribution in [-0.4, -0.2) is 14.2 Å². The minimum absolute atomic E-state index is 0.779. The van der Waals surface area contributed by atoms with Crippen LogP contribution in [-0.2, 0) is 6.42 Å². The highest BCUT2D eigenvalue weighted by atomic mass is 16.5. The molecule has 1 aliphatic carbocycles. The van der Waals surface area contributed by atoms with Crippen LogP contribution in [0.25, 0.3) is 6.08 Å². The van der Waals surface area contributed by atoms with Crippen molar-refractivity contribution < 1.29 is 9.47 Å². The molecule has 0 bridgehead atoms. The van der Waals surface area contributed by atoms with Crippen LogP contribution >= 0.6 is 0 Å². The summed E-state index contributed by atoms with van der Waals surface area (Å²) in [5.74, 6) is 1.57. The maximum Gasteiger partial charge on any atom is 0.161 e. The Bertz CT molecular complexity index is 353. The Morgan fingerprint density at radius 3 is 2.54 bits per heavy atom. The summed E-state index contributed by atoms with van der Waals surface area (Å²) in [6.07, 6.45) is 6.01. The number of ether oxygens (including phenoxy) is 2. The number of rotatable bonds is 2. The Morgan fingerprint density at radius 2 is 1.85 bits per heavy atom. The molecule has 0 aromatic heterocycles. The molecule has 1 aromatic carbocycles. The molecule has 0 saturated heterocycles. The summed E-state index contributed by atoms with van der Waals surface area (Å²) in [5.41, 5.74) is 2.43. The fraction of sp³-hybridized carbons (Fsp3) is 0.273. The molecule has 0 fully saturated rings. The maximum absolute atomic E-state index is 5.19. The summed E-state index contributed by atoms with van der Waals surface area (Å²) in [6.45, 7) is 0. The van der Waals surface area contributed by atoms with Crippen molar-refractivity contribution in [2.24, 2.45) is 0 Å². The summed E-state index contributed by atoms with van der Waals surface area (Å²) < 4.78 is 10.4. The minimum Gasteiger partial charge on any atom is -0.493 e. The molecule has 1 radical (unpaired) electrons. The van der Waals surface area contributed by atoms with Gasteiger partial charge in [0.05, 0.1) is 14.2 Å². The first kappa shape index (κ1) is 8.17. The van der Waals surface area contributed by atoms with E-state index in [4.69, 9.17) is 9.47 Å². The zero-order valence-electron chi connectivity index (χ0n) is 7.76. The second-order valence-corrected chi connectivity index (χ2v) is 2.93. The lowest BCUT2D eigenvalue weighted by Crippen LogP contribution is -1.92. The van der Waals surface area contributed by atoms with E-state index in [2.05, 4.69) is 6.08 Å². The SMILES string of the molecule is COc1cc2c(cc1OC)C[C]=C2. The number of fused-ring (bicyclic) bond motifs is 1. The van der Waals surface area contributed by atoms with Crippen molar-refractivity contribution in [3.63, 3.8) is 0 Å². The molecule has 0 saturated carbocycles. The fourth-order valence-corrected chi connectivity index (χ4v) is 1.50. The lowest BCUT2D eigenvalue weighted by molar-refractivity contribution is 0.354. The molecule has 0 heterocycles. The number of hydrogen-bond acceptors (Lipinski definition) is 2. The molecule has 0 N–H and O–H groups in total. The van der Waals surface area contributed by atoms with Gasteiger partial charge in [0.1, 0.15) is 0 Å². The first-order chi connectivity index (χ1) is 6.35. The topological polar surface area (TPSA) is 18.5 Å². The van der Waals surface area contributed by atoms with E-state index in [1.807, 2.05) is 18.2 Å². The van der Waals surface area contributed by atoms with Gasteiger partial charge in [-0.1, -0.05) is 6.08 Å². The molecule has 0 aliphatic heterocycles. The van der Waals surface area contributed by atoms with E-state index < -0.39 is 0 Å². The van der Waals surface area contributed by atoms with Crippen LogP contribution < -0.4 is 9.47 Å². The maximum atomic E-state index is 5.19. The third-order valence-electron chi connectivity index (χ3n) is 2.20. The van der Waals surface area contributed by atoms with Crippen molar-refractivity contribution in [1.29, 1.82) is 0 Å². The molecule has 13 heavy (non-hydrogen) atoms. The molecule has 67 valence electrons. The molecule has 1 aromatic rings. The van der Waals surface area contributed by atoms with Gasteiger partial charge in [0, 0.05) is 0 Å². The Kier molecular flexibility index (Phi) is 1.97. The first-order valence-corrected chi connectivity index (χ1v) is 4.16. The predicted molar refractivity (Wildman–Crippen MR) is 51.0 cm³/mol. The average Bonchev–Trinajstić information content (AvgIpc) is 2.62. The molecular formula is C11H11O2. The third-order valence-corrected chi connectivity index (χ3v) is 2.20. The number of methoxy groups -OCH3 is 2. The summed E-state index contributed by atoms with van der Waals surface area (Å²) in [5, 5.41) is 0. The van der Waals surface area contributed by atoms with Crippen molar-refractivity contribution in [3.05, 3.63) is 29.3 Å². The number of hydrogen-bond donors (Lipinski definition) is 0. The molecule has 0 amide bonds. The van der Waals surface area contributed by atoms with E-state index in [9.17, 15) is 0 Å². The third kappa shape index (κ3) is 1.28. The molecule has 2 heteroatoms. The van der Waals surface area contributed by atoms with Crippen molar-refractivity contribution in [2.45, 2.75) is 6.42 Å². The lowest BCUT2D eigenvalue weighted by Gasteiger charge is -2.09. The Hall–Kier alpha value is -1.44. The number of allylic oxidation sites excluding steroid dienone is 1. The predicted octanol–water partition coefficient (Wildman–Crippen LogP) is 2.08. The van der Waals surface area contributed by atoms with Gasteiger partial charge >= 0.3 is 0 Å². The largest absolute Gasteiger partial charge is 0.493 e. The summed E-state index contributed by atoms with van der Waals surface area (Å²) >= 11 is 0. The van der Waals surface area contributed by atoms with Crippen molar-refractivity contribution in [3.8, 4) is 11.5 Å². The Balaban J connectivity index is 2.51. The van der Waals surface area contributed by atoms with Gasteiger partial charge < -0.3 is 9.47 Å². The first-order valence-electron chi connectivity index (χ1n) is 4.16. The molecule has 2 nitrogen and oxygen atoms in total. The Labute approximate surface area is 77.8 Å². The molecule has 0 atom stereocenters. The van der Waals surface area contributed by atoms with Crippen LogP contribution in [0.5, 0.6) is 11.5 Å². The second kappa shape index (κ2) is 3.13. The quantitative estimate of drug-likeness (QED) is 0.685. The van der Waals surface area contributed by atoms with E-state index in [0.29, 0.717) is 0 Å². The van der Waals surface area contributed by atoms with Gasteiger partial charge in [0.15, 0.2) is 11.5 Å². The van der Waals surface area contributed by atoms with Crippen molar-refractivity contribution >= 4 is 6.08 Å². The highest BCUT2D eigenvalue weighted by Gasteiger charge is 2.11. The van der Waals surface area contributed by atoms with Gasteiger partial charge in [-0.3, -0.25) is 0 Å². The summed E-state index contributed by atoms with van der Waals surface area (Å²) in [6, 6.07) is 3.98. The van der Waals surface area contributed by atoms with E-state index in [0.717, 1.165) is 17.9 Å². The highest BCUT2D eigenvalue weighted by molar-refractivity contribution is 5.63. The zero-order valence-corrected chi connectivity index (χ0v) is 7.76. The molecule has 1 aliphatic rings.